The Labute approximate surface area is 113 Å². The summed E-state index contributed by atoms with van der Waals surface area (Å²) in [5, 5.41) is 10.3. The van der Waals surface area contributed by atoms with Crippen LogP contribution in [-0.4, -0.2) is 25.1 Å². The maximum atomic E-state index is 11.6. The van der Waals surface area contributed by atoms with E-state index in [0.29, 0.717) is 23.5 Å². The van der Waals surface area contributed by atoms with Crippen molar-refractivity contribution in [2.24, 2.45) is 0 Å². The highest BCUT2D eigenvalue weighted by Gasteiger charge is 2.21. The van der Waals surface area contributed by atoms with Crippen LogP contribution in [0.3, 0.4) is 0 Å². The number of carbonyl (C=O) groups is 1. The summed E-state index contributed by atoms with van der Waals surface area (Å²) >= 11 is 0. The van der Waals surface area contributed by atoms with E-state index in [4.69, 9.17) is 9.47 Å². The third-order valence-electron chi connectivity index (χ3n) is 2.83. The van der Waals surface area contributed by atoms with E-state index < -0.39 is 0 Å². The van der Waals surface area contributed by atoms with Gasteiger partial charge in [-0.2, -0.15) is 0 Å². The molecule has 19 heavy (non-hydrogen) atoms. The molecule has 0 aromatic heterocycles. The highest BCUT2D eigenvalue weighted by molar-refractivity contribution is 6.00. The molecule has 4 heteroatoms. The van der Waals surface area contributed by atoms with E-state index in [1.807, 2.05) is 19.9 Å². The van der Waals surface area contributed by atoms with Crippen molar-refractivity contribution in [3.05, 3.63) is 28.8 Å². The first-order valence-electron chi connectivity index (χ1n) is 6.03. The number of aromatic hydroxyl groups is 1. The van der Waals surface area contributed by atoms with Gasteiger partial charge in [0.1, 0.15) is 22.8 Å². The zero-order valence-electron chi connectivity index (χ0n) is 12.0. The molecule has 1 aromatic carbocycles. The first-order chi connectivity index (χ1) is 8.92. The molecular formula is C15H20O4. The Balaban J connectivity index is 3.47. The smallest absolute Gasteiger partial charge is 0.167 e. The van der Waals surface area contributed by atoms with E-state index in [1.54, 1.807) is 6.07 Å². The average molecular weight is 264 g/mol. The van der Waals surface area contributed by atoms with Crippen LogP contribution in [0.15, 0.2) is 17.7 Å². The summed E-state index contributed by atoms with van der Waals surface area (Å²) in [6.45, 7) is 5.34. The molecule has 0 aliphatic rings. The van der Waals surface area contributed by atoms with Gasteiger partial charge in [0.15, 0.2) is 5.78 Å². The number of Topliss-reactive ketones (excluding diaryl/α,β-unsaturated/α-hetero) is 1. The van der Waals surface area contributed by atoms with Crippen molar-refractivity contribution in [1.29, 1.82) is 0 Å². The fourth-order valence-electron chi connectivity index (χ4n) is 1.85. The molecule has 1 N–H and O–H groups in total. The second-order valence-corrected chi connectivity index (χ2v) is 4.53. The normalized spacial score (nSPS) is 9.95. The highest BCUT2D eigenvalue weighted by Crippen LogP contribution is 2.39. The molecule has 0 aliphatic carbocycles. The lowest BCUT2D eigenvalue weighted by Gasteiger charge is -2.15. The van der Waals surface area contributed by atoms with Crippen LogP contribution in [0.5, 0.6) is 17.2 Å². The SMILES string of the molecule is COc1cc(OC)c(C(C)=O)c(O)c1CC=C(C)C. The van der Waals surface area contributed by atoms with E-state index in [1.165, 1.54) is 21.1 Å². The number of rotatable bonds is 5. The first-order valence-corrected chi connectivity index (χ1v) is 6.03. The molecule has 0 heterocycles. The van der Waals surface area contributed by atoms with Crippen molar-refractivity contribution >= 4 is 5.78 Å². The molecule has 0 unspecified atom stereocenters. The number of hydrogen-bond donors (Lipinski definition) is 1. The predicted octanol–water partition coefficient (Wildman–Crippen LogP) is 3.12. The number of phenolic OH excluding ortho intramolecular Hbond substituents is 1. The van der Waals surface area contributed by atoms with Crippen molar-refractivity contribution in [1.82, 2.24) is 0 Å². The largest absolute Gasteiger partial charge is 0.507 e. The van der Waals surface area contributed by atoms with Gasteiger partial charge in [0.2, 0.25) is 0 Å². The fraction of sp³-hybridized carbons (Fsp3) is 0.400. The molecular weight excluding hydrogens is 244 g/mol. The molecule has 104 valence electrons. The van der Waals surface area contributed by atoms with Crippen LogP contribution < -0.4 is 9.47 Å². The minimum absolute atomic E-state index is 0.0683. The third-order valence-corrected chi connectivity index (χ3v) is 2.83. The lowest BCUT2D eigenvalue weighted by Crippen LogP contribution is -2.03. The van der Waals surface area contributed by atoms with Gasteiger partial charge in [0.05, 0.1) is 14.2 Å². The number of ether oxygens (including phenoxy) is 2. The number of phenols is 1. The predicted molar refractivity (Wildman–Crippen MR) is 74.4 cm³/mol. The van der Waals surface area contributed by atoms with E-state index >= 15 is 0 Å². The Bertz CT molecular complexity index is 511. The van der Waals surface area contributed by atoms with Gasteiger partial charge in [0.25, 0.3) is 0 Å². The van der Waals surface area contributed by atoms with E-state index in [0.717, 1.165) is 5.57 Å². The molecule has 0 radical (unpaired) electrons. The minimum atomic E-state index is -0.240. The average Bonchev–Trinajstić information content (AvgIpc) is 2.35. The summed E-state index contributed by atoms with van der Waals surface area (Å²) in [5.41, 5.74) is 1.91. The Morgan fingerprint density at radius 2 is 1.79 bits per heavy atom. The minimum Gasteiger partial charge on any atom is -0.507 e. The Morgan fingerprint density at radius 3 is 2.21 bits per heavy atom. The van der Waals surface area contributed by atoms with Crippen molar-refractivity contribution in [2.45, 2.75) is 27.2 Å². The molecule has 4 nitrogen and oxygen atoms in total. The monoisotopic (exact) mass is 264 g/mol. The first kappa shape index (κ1) is 15.1. The number of allylic oxidation sites excluding steroid dienone is 2. The summed E-state index contributed by atoms with van der Waals surface area (Å²) in [4.78, 5) is 11.6. The van der Waals surface area contributed by atoms with Gasteiger partial charge >= 0.3 is 0 Å². The maximum absolute atomic E-state index is 11.6. The summed E-state index contributed by atoms with van der Waals surface area (Å²) < 4.78 is 10.4. The lowest BCUT2D eigenvalue weighted by molar-refractivity contribution is 0.101. The summed E-state index contributed by atoms with van der Waals surface area (Å²) in [7, 11) is 2.98. The summed E-state index contributed by atoms with van der Waals surface area (Å²) in [5.74, 6) is 0.524. The van der Waals surface area contributed by atoms with Crippen molar-refractivity contribution in [3.8, 4) is 17.2 Å². The molecule has 1 rings (SSSR count). The Morgan fingerprint density at radius 1 is 1.21 bits per heavy atom. The summed E-state index contributed by atoms with van der Waals surface area (Å²) in [6, 6.07) is 1.63. The van der Waals surface area contributed by atoms with Crippen LogP contribution >= 0.6 is 0 Å². The van der Waals surface area contributed by atoms with Crippen LogP contribution in [0.1, 0.15) is 36.7 Å². The number of benzene rings is 1. The zero-order valence-corrected chi connectivity index (χ0v) is 12.0. The quantitative estimate of drug-likeness (QED) is 0.655. The van der Waals surface area contributed by atoms with E-state index in [2.05, 4.69) is 0 Å². The number of ketones is 1. The molecule has 1 aromatic rings. The highest BCUT2D eigenvalue weighted by atomic mass is 16.5. The van der Waals surface area contributed by atoms with Gasteiger partial charge in [-0.05, 0) is 27.2 Å². The van der Waals surface area contributed by atoms with E-state index in [-0.39, 0.29) is 17.1 Å². The van der Waals surface area contributed by atoms with Crippen LogP contribution in [0.4, 0.5) is 0 Å². The maximum Gasteiger partial charge on any atom is 0.167 e. The van der Waals surface area contributed by atoms with E-state index in [9.17, 15) is 9.90 Å². The molecule has 0 fully saturated rings. The lowest BCUT2D eigenvalue weighted by atomic mass is 10.0. The second kappa shape index (κ2) is 6.27. The van der Waals surface area contributed by atoms with Gasteiger partial charge in [0, 0.05) is 11.6 Å². The Kier molecular flexibility index (Phi) is 4.98. The molecule has 0 spiro atoms. The number of carbonyl (C=O) groups excluding carboxylic acids is 1. The molecule has 0 amide bonds. The van der Waals surface area contributed by atoms with Crippen molar-refractivity contribution < 1.29 is 19.4 Å². The Hall–Kier alpha value is -1.97. The van der Waals surface area contributed by atoms with Crippen molar-refractivity contribution in [3.63, 3.8) is 0 Å². The molecule has 0 bridgehead atoms. The number of methoxy groups -OCH3 is 2. The van der Waals surface area contributed by atoms with Gasteiger partial charge in [-0.3, -0.25) is 4.79 Å². The standard InChI is InChI=1S/C15H20O4/c1-9(2)6-7-11-12(18-4)8-13(19-5)14(10(3)16)15(11)17/h6,8,17H,7H2,1-5H3. The topological polar surface area (TPSA) is 55.8 Å². The summed E-state index contributed by atoms with van der Waals surface area (Å²) in [6.07, 6.45) is 2.47. The second-order valence-electron chi connectivity index (χ2n) is 4.53. The van der Waals surface area contributed by atoms with Gasteiger partial charge < -0.3 is 14.6 Å². The van der Waals surface area contributed by atoms with Crippen molar-refractivity contribution in [2.75, 3.05) is 14.2 Å². The van der Waals surface area contributed by atoms with Crippen LogP contribution in [-0.2, 0) is 6.42 Å². The van der Waals surface area contributed by atoms with Gasteiger partial charge in [-0.25, -0.2) is 0 Å². The third kappa shape index (κ3) is 3.28. The van der Waals surface area contributed by atoms with Crippen LogP contribution in [0.2, 0.25) is 0 Å². The number of hydrogen-bond acceptors (Lipinski definition) is 4. The van der Waals surface area contributed by atoms with Gasteiger partial charge in [-0.15, -0.1) is 0 Å². The zero-order chi connectivity index (χ0) is 14.6. The van der Waals surface area contributed by atoms with Crippen LogP contribution in [0.25, 0.3) is 0 Å². The fourth-order valence-corrected chi connectivity index (χ4v) is 1.85. The molecule has 0 aliphatic heterocycles. The molecule has 0 atom stereocenters. The van der Waals surface area contributed by atoms with Gasteiger partial charge in [-0.1, -0.05) is 11.6 Å². The van der Waals surface area contributed by atoms with Crippen LogP contribution in [0, 0.1) is 0 Å². The molecule has 0 saturated heterocycles. The molecule has 0 saturated carbocycles.